The normalized spacial score (nSPS) is 10.5. The third-order valence-corrected chi connectivity index (χ3v) is 4.71. The molecule has 0 spiro atoms. The molecule has 3 aromatic rings. The third kappa shape index (κ3) is 6.11. The molecule has 156 valence electrons. The number of carbonyl (C=O) groups excluding carboxylic acids is 1. The Kier molecular flexibility index (Phi) is 7.90. The highest BCUT2D eigenvalue weighted by Gasteiger charge is 2.19. The first kappa shape index (κ1) is 21.4. The van der Waals surface area contributed by atoms with Crippen LogP contribution in [0.25, 0.3) is 0 Å². The summed E-state index contributed by atoms with van der Waals surface area (Å²) in [6, 6.07) is 23.9. The van der Waals surface area contributed by atoms with Crippen LogP contribution in [0.5, 0.6) is 11.5 Å². The number of ether oxygens (including phenoxy) is 3. The van der Waals surface area contributed by atoms with E-state index in [2.05, 4.69) is 12.1 Å². The van der Waals surface area contributed by atoms with Gasteiger partial charge in [-0.2, -0.15) is 0 Å². The van der Waals surface area contributed by atoms with E-state index in [1.807, 2.05) is 61.5 Å². The Morgan fingerprint density at radius 2 is 1.53 bits per heavy atom. The zero-order valence-electron chi connectivity index (χ0n) is 17.6. The van der Waals surface area contributed by atoms with Crippen molar-refractivity contribution >= 4 is 5.97 Å². The molecule has 0 unspecified atom stereocenters. The topological polar surface area (TPSA) is 44.8 Å². The molecule has 0 fully saturated rings. The Labute approximate surface area is 178 Å². The molecule has 0 bridgehead atoms. The molecule has 3 rings (SSSR count). The molecule has 0 aliphatic rings. The average molecular weight is 405 g/mol. The lowest BCUT2D eigenvalue weighted by Crippen LogP contribution is -2.11. The van der Waals surface area contributed by atoms with E-state index in [4.69, 9.17) is 14.2 Å². The maximum absolute atomic E-state index is 12.5. The largest absolute Gasteiger partial charge is 0.493 e. The molecular formula is C26H28O4. The van der Waals surface area contributed by atoms with Crippen molar-refractivity contribution in [3.63, 3.8) is 0 Å². The smallest absolute Gasteiger partial charge is 0.342 e. The van der Waals surface area contributed by atoms with Crippen LogP contribution < -0.4 is 9.47 Å². The number of benzene rings is 3. The fraction of sp³-hybridized carbons (Fsp3) is 0.269. The van der Waals surface area contributed by atoms with Crippen LogP contribution in [0.15, 0.2) is 72.8 Å². The second-order valence-electron chi connectivity index (χ2n) is 7.05. The molecular weight excluding hydrogens is 376 g/mol. The Morgan fingerprint density at radius 1 is 0.867 bits per heavy atom. The molecule has 4 nitrogen and oxygen atoms in total. The lowest BCUT2D eigenvalue weighted by Gasteiger charge is -2.16. The summed E-state index contributed by atoms with van der Waals surface area (Å²) in [6.45, 7) is 4.94. The fourth-order valence-electron chi connectivity index (χ4n) is 3.23. The highest BCUT2D eigenvalue weighted by atomic mass is 16.5. The van der Waals surface area contributed by atoms with E-state index in [0.29, 0.717) is 36.9 Å². The van der Waals surface area contributed by atoms with E-state index in [-0.39, 0.29) is 5.97 Å². The Hall–Kier alpha value is -3.27. The molecule has 0 saturated heterocycles. The van der Waals surface area contributed by atoms with E-state index < -0.39 is 0 Å². The Balaban J connectivity index is 1.71. The highest BCUT2D eigenvalue weighted by Crippen LogP contribution is 2.30. The van der Waals surface area contributed by atoms with Crippen LogP contribution in [-0.2, 0) is 17.8 Å². The molecule has 0 N–H and O–H groups in total. The number of rotatable bonds is 10. The summed E-state index contributed by atoms with van der Waals surface area (Å²) in [5.41, 5.74) is 3.58. The number of hydrogen-bond donors (Lipinski definition) is 0. The van der Waals surface area contributed by atoms with Gasteiger partial charge in [-0.05, 0) is 49.4 Å². The van der Waals surface area contributed by atoms with Gasteiger partial charge in [0.1, 0.15) is 23.7 Å². The van der Waals surface area contributed by atoms with Gasteiger partial charge < -0.3 is 14.2 Å². The first-order valence-corrected chi connectivity index (χ1v) is 10.3. The van der Waals surface area contributed by atoms with Gasteiger partial charge in [0.05, 0.1) is 13.2 Å². The Morgan fingerprint density at radius 3 is 2.20 bits per heavy atom. The molecule has 4 heteroatoms. The van der Waals surface area contributed by atoms with Gasteiger partial charge in [0.2, 0.25) is 0 Å². The summed E-state index contributed by atoms with van der Waals surface area (Å²) < 4.78 is 17.2. The first-order chi connectivity index (χ1) is 14.7. The minimum atomic E-state index is -0.373. The summed E-state index contributed by atoms with van der Waals surface area (Å²) in [5.74, 6) is 0.801. The summed E-state index contributed by atoms with van der Waals surface area (Å²) in [6.07, 6.45) is 1.76. The van der Waals surface area contributed by atoms with Crippen LogP contribution in [0, 0.1) is 6.92 Å². The number of aryl methyl sites for hydroxylation is 2. The van der Waals surface area contributed by atoms with Gasteiger partial charge in [-0.3, -0.25) is 0 Å². The van der Waals surface area contributed by atoms with Crippen LogP contribution in [0.3, 0.4) is 0 Å². The van der Waals surface area contributed by atoms with E-state index in [1.54, 1.807) is 13.0 Å². The van der Waals surface area contributed by atoms with E-state index in [9.17, 15) is 4.79 Å². The minimum Gasteiger partial charge on any atom is -0.493 e. The number of esters is 1. The predicted octanol–water partition coefficient (Wildman–Crippen LogP) is 5.76. The summed E-state index contributed by atoms with van der Waals surface area (Å²) in [5, 5.41) is 0. The molecule has 0 atom stereocenters. The molecule has 0 radical (unpaired) electrons. The predicted molar refractivity (Wildman–Crippen MR) is 118 cm³/mol. The summed E-state index contributed by atoms with van der Waals surface area (Å²) in [7, 11) is 0. The zero-order chi connectivity index (χ0) is 21.2. The molecule has 0 amide bonds. The fourth-order valence-corrected chi connectivity index (χ4v) is 3.23. The Bertz CT molecular complexity index is 936. The monoisotopic (exact) mass is 404 g/mol. The van der Waals surface area contributed by atoms with Crippen molar-refractivity contribution in [3.8, 4) is 11.5 Å². The molecule has 0 saturated carbocycles. The molecule has 3 aromatic carbocycles. The lowest BCUT2D eigenvalue weighted by molar-refractivity contribution is 0.0520. The summed E-state index contributed by atoms with van der Waals surface area (Å²) in [4.78, 5) is 12.5. The van der Waals surface area contributed by atoms with Crippen molar-refractivity contribution in [2.24, 2.45) is 0 Å². The van der Waals surface area contributed by atoms with Crippen LogP contribution in [0.4, 0.5) is 0 Å². The molecule has 0 aromatic heterocycles. The summed E-state index contributed by atoms with van der Waals surface area (Å²) >= 11 is 0. The van der Waals surface area contributed by atoms with Crippen LogP contribution >= 0.6 is 0 Å². The average Bonchev–Trinajstić information content (AvgIpc) is 2.76. The van der Waals surface area contributed by atoms with Gasteiger partial charge in [0.15, 0.2) is 0 Å². The van der Waals surface area contributed by atoms with E-state index in [0.717, 1.165) is 24.0 Å². The standard InChI is InChI=1S/C26H28O4/c1-3-28-26(27)25-20(2)17-23(30-19-22-13-8-5-9-14-22)18-24(25)29-16-10-15-21-11-6-4-7-12-21/h4-9,11-14,17-18H,3,10,15-16,19H2,1-2H3. The van der Waals surface area contributed by atoms with E-state index >= 15 is 0 Å². The van der Waals surface area contributed by atoms with Gasteiger partial charge in [0, 0.05) is 6.07 Å². The van der Waals surface area contributed by atoms with Crippen molar-refractivity contribution < 1.29 is 19.0 Å². The SMILES string of the molecule is CCOC(=O)c1c(C)cc(OCc2ccccc2)cc1OCCCc1ccccc1. The van der Waals surface area contributed by atoms with Gasteiger partial charge in [-0.15, -0.1) is 0 Å². The van der Waals surface area contributed by atoms with Crippen LogP contribution in [-0.4, -0.2) is 19.2 Å². The zero-order valence-corrected chi connectivity index (χ0v) is 17.6. The maximum atomic E-state index is 12.5. The quantitative estimate of drug-likeness (QED) is 0.318. The van der Waals surface area contributed by atoms with Crippen molar-refractivity contribution in [1.82, 2.24) is 0 Å². The number of hydrogen-bond acceptors (Lipinski definition) is 4. The van der Waals surface area contributed by atoms with Gasteiger partial charge in [0.25, 0.3) is 0 Å². The lowest BCUT2D eigenvalue weighted by atomic mass is 10.1. The van der Waals surface area contributed by atoms with Crippen molar-refractivity contribution in [2.45, 2.75) is 33.3 Å². The van der Waals surface area contributed by atoms with Gasteiger partial charge in [-0.1, -0.05) is 60.7 Å². The second kappa shape index (κ2) is 11.1. The van der Waals surface area contributed by atoms with Gasteiger partial charge >= 0.3 is 5.97 Å². The maximum Gasteiger partial charge on any atom is 0.342 e. The molecule has 30 heavy (non-hydrogen) atoms. The van der Waals surface area contributed by atoms with Crippen molar-refractivity contribution in [1.29, 1.82) is 0 Å². The van der Waals surface area contributed by atoms with Crippen molar-refractivity contribution in [2.75, 3.05) is 13.2 Å². The van der Waals surface area contributed by atoms with Crippen LogP contribution in [0.2, 0.25) is 0 Å². The van der Waals surface area contributed by atoms with E-state index in [1.165, 1.54) is 5.56 Å². The minimum absolute atomic E-state index is 0.317. The highest BCUT2D eigenvalue weighted by molar-refractivity contribution is 5.94. The molecule has 0 heterocycles. The molecule has 0 aliphatic heterocycles. The first-order valence-electron chi connectivity index (χ1n) is 10.3. The third-order valence-electron chi connectivity index (χ3n) is 4.71. The second-order valence-corrected chi connectivity index (χ2v) is 7.05. The van der Waals surface area contributed by atoms with Gasteiger partial charge in [-0.25, -0.2) is 4.79 Å². The van der Waals surface area contributed by atoms with Crippen molar-refractivity contribution in [3.05, 3.63) is 95.1 Å². The molecule has 0 aliphatic carbocycles. The number of carbonyl (C=O) groups is 1. The van der Waals surface area contributed by atoms with Crippen LogP contribution in [0.1, 0.15) is 40.4 Å².